The molecule has 10 nitrogen and oxygen atoms in total. The predicted molar refractivity (Wildman–Crippen MR) is 114 cm³/mol. The Labute approximate surface area is 177 Å². The van der Waals surface area contributed by atoms with Crippen molar-refractivity contribution in [3.63, 3.8) is 0 Å². The van der Waals surface area contributed by atoms with Crippen LogP contribution in [0.3, 0.4) is 0 Å². The van der Waals surface area contributed by atoms with Crippen molar-refractivity contribution >= 4 is 33.9 Å². The van der Waals surface area contributed by atoms with Gasteiger partial charge in [0, 0.05) is 25.1 Å². The van der Waals surface area contributed by atoms with Crippen LogP contribution in [0, 0.1) is 10.1 Å². The average Bonchev–Trinajstić information content (AvgIpc) is 3.29. The van der Waals surface area contributed by atoms with Gasteiger partial charge in [0.25, 0.3) is 0 Å². The van der Waals surface area contributed by atoms with E-state index in [4.69, 9.17) is 4.63 Å². The van der Waals surface area contributed by atoms with E-state index in [2.05, 4.69) is 30.5 Å². The average molecular weight is 417 g/mol. The minimum absolute atomic E-state index is 0.0755. The Morgan fingerprint density at radius 1 is 1.13 bits per heavy atom. The highest BCUT2D eigenvalue weighted by molar-refractivity contribution is 6.00. The first-order valence-electron chi connectivity index (χ1n) is 10.0. The summed E-state index contributed by atoms with van der Waals surface area (Å²) in [5.41, 5.74) is 2.39. The number of nitrogens with one attached hydrogen (secondary N) is 1. The van der Waals surface area contributed by atoms with Crippen LogP contribution in [0.15, 0.2) is 59.6 Å². The van der Waals surface area contributed by atoms with Crippen molar-refractivity contribution in [2.45, 2.75) is 25.3 Å². The van der Waals surface area contributed by atoms with Gasteiger partial charge in [-0.15, -0.1) is 0 Å². The van der Waals surface area contributed by atoms with Gasteiger partial charge < -0.3 is 10.2 Å². The Morgan fingerprint density at radius 2 is 2.03 bits per heavy atom. The van der Waals surface area contributed by atoms with Crippen molar-refractivity contribution in [1.29, 1.82) is 0 Å². The summed E-state index contributed by atoms with van der Waals surface area (Å²) < 4.78 is 4.95. The SMILES string of the molecule is O=[N+]([O-])c1c(Nc2ccccn2)cc(N2CCCCC2c2cccnc2)c2nonc12. The summed E-state index contributed by atoms with van der Waals surface area (Å²) in [6, 6.07) is 11.1. The molecule has 1 atom stereocenters. The van der Waals surface area contributed by atoms with Crippen LogP contribution in [0.2, 0.25) is 0 Å². The number of nitro benzene ring substituents is 1. The van der Waals surface area contributed by atoms with Crippen LogP contribution in [0.4, 0.5) is 22.9 Å². The Morgan fingerprint density at radius 3 is 2.81 bits per heavy atom. The first-order valence-corrected chi connectivity index (χ1v) is 10.0. The number of anilines is 3. The maximum Gasteiger partial charge on any atom is 0.324 e. The van der Waals surface area contributed by atoms with Crippen molar-refractivity contribution in [1.82, 2.24) is 20.3 Å². The molecule has 0 bridgehead atoms. The molecule has 1 aliphatic rings. The van der Waals surface area contributed by atoms with Crippen molar-refractivity contribution < 1.29 is 9.55 Å². The molecule has 1 N–H and O–H groups in total. The molecule has 1 fully saturated rings. The highest BCUT2D eigenvalue weighted by Gasteiger charge is 2.32. The van der Waals surface area contributed by atoms with E-state index in [-0.39, 0.29) is 22.9 Å². The van der Waals surface area contributed by atoms with E-state index in [1.807, 2.05) is 18.3 Å². The lowest BCUT2D eigenvalue weighted by molar-refractivity contribution is -0.382. The molecule has 1 unspecified atom stereocenters. The summed E-state index contributed by atoms with van der Waals surface area (Å²) >= 11 is 0. The number of hydrogen-bond donors (Lipinski definition) is 1. The van der Waals surface area contributed by atoms with E-state index in [0.29, 0.717) is 11.3 Å². The van der Waals surface area contributed by atoms with Crippen LogP contribution in [0.5, 0.6) is 0 Å². The summed E-state index contributed by atoms with van der Waals surface area (Å²) in [7, 11) is 0. The molecule has 0 saturated carbocycles. The molecule has 0 amide bonds. The largest absolute Gasteiger partial charge is 0.362 e. The summed E-state index contributed by atoms with van der Waals surface area (Å²) in [5, 5.41) is 22.9. The lowest BCUT2D eigenvalue weighted by Crippen LogP contribution is -2.33. The summed E-state index contributed by atoms with van der Waals surface area (Å²) in [4.78, 5) is 22.1. The first kappa shape index (κ1) is 18.9. The van der Waals surface area contributed by atoms with E-state index in [1.165, 1.54) is 0 Å². The van der Waals surface area contributed by atoms with E-state index < -0.39 is 4.92 Å². The fourth-order valence-electron chi connectivity index (χ4n) is 4.13. The van der Waals surface area contributed by atoms with Gasteiger partial charge in [0.2, 0.25) is 5.52 Å². The lowest BCUT2D eigenvalue weighted by Gasteiger charge is -2.37. The second kappa shape index (κ2) is 7.98. The number of piperidine rings is 1. The van der Waals surface area contributed by atoms with Gasteiger partial charge in [-0.25, -0.2) is 9.61 Å². The number of nitro groups is 1. The molecule has 5 rings (SSSR count). The van der Waals surface area contributed by atoms with Gasteiger partial charge in [-0.1, -0.05) is 12.1 Å². The second-order valence-corrected chi connectivity index (χ2v) is 7.34. The molecule has 0 radical (unpaired) electrons. The molecule has 4 heterocycles. The quantitative estimate of drug-likeness (QED) is 0.372. The summed E-state index contributed by atoms with van der Waals surface area (Å²) in [6.07, 6.45) is 8.26. The van der Waals surface area contributed by atoms with Gasteiger partial charge >= 0.3 is 5.69 Å². The van der Waals surface area contributed by atoms with Crippen LogP contribution in [0.25, 0.3) is 11.0 Å². The number of aromatic nitrogens is 4. The monoisotopic (exact) mass is 417 g/mol. The molecule has 10 heteroatoms. The Balaban J connectivity index is 1.67. The van der Waals surface area contributed by atoms with Crippen LogP contribution >= 0.6 is 0 Å². The van der Waals surface area contributed by atoms with Crippen molar-refractivity contribution in [3.05, 3.63) is 70.7 Å². The lowest BCUT2D eigenvalue weighted by atomic mass is 9.95. The molecule has 3 aromatic heterocycles. The summed E-state index contributed by atoms with van der Waals surface area (Å²) in [6.45, 7) is 0.780. The molecule has 0 spiro atoms. The van der Waals surface area contributed by atoms with Gasteiger partial charge in [-0.05, 0) is 59.4 Å². The number of benzene rings is 1. The van der Waals surface area contributed by atoms with Gasteiger partial charge in [0.05, 0.1) is 16.7 Å². The fourth-order valence-corrected chi connectivity index (χ4v) is 4.13. The maximum atomic E-state index is 11.9. The number of rotatable bonds is 5. The molecule has 1 saturated heterocycles. The summed E-state index contributed by atoms with van der Waals surface area (Å²) in [5.74, 6) is 0.495. The van der Waals surface area contributed by atoms with Crippen molar-refractivity contribution in [3.8, 4) is 0 Å². The number of fused-ring (bicyclic) bond motifs is 1. The third kappa shape index (κ3) is 3.52. The van der Waals surface area contributed by atoms with E-state index in [9.17, 15) is 10.1 Å². The van der Waals surface area contributed by atoms with Gasteiger partial charge in [0.1, 0.15) is 11.5 Å². The minimum atomic E-state index is -0.476. The Bertz CT molecular complexity index is 1210. The molecule has 31 heavy (non-hydrogen) atoms. The molecule has 156 valence electrons. The highest BCUT2D eigenvalue weighted by atomic mass is 16.6. The van der Waals surface area contributed by atoms with Crippen molar-refractivity contribution in [2.24, 2.45) is 0 Å². The Hall–Kier alpha value is -4.08. The number of nitrogens with zero attached hydrogens (tertiary/aromatic N) is 6. The number of hydrogen-bond acceptors (Lipinski definition) is 9. The highest BCUT2D eigenvalue weighted by Crippen LogP contribution is 2.43. The maximum absolute atomic E-state index is 11.9. The van der Waals surface area contributed by atoms with Gasteiger partial charge in [0.15, 0.2) is 5.52 Å². The van der Waals surface area contributed by atoms with Crippen LogP contribution < -0.4 is 10.2 Å². The molecular formula is C21H19N7O3. The molecule has 1 aliphatic heterocycles. The molecule has 4 aromatic rings. The zero-order valence-corrected chi connectivity index (χ0v) is 16.5. The van der Waals surface area contributed by atoms with Gasteiger partial charge in [-0.2, -0.15) is 0 Å². The Kier molecular flexibility index (Phi) is 4.87. The van der Waals surface area contributed by atoms with Crippen LogP contribution in [0.1, 0.15) is 30.9 Å². The van der Waals surface area contributed by atoms with Gasteiger partial charge in [-0.3, -0.25) is 15.1 Å². The first-order chi connectivity index (χ1) is 15.2. The van der Waals surface area contributed by atoms with Crippen molar-refractivity contribution in [2.75, 3.05) is 16.8 Å². The third-order valence-electron chi connectivity index (χ3n) is 5.48. The van der Waals surface area contributed by atoms with E-state index in [0.717, 1.165) is 37.1 Å². The standard InChI is InChI=1S/C21H19N7O3/c29-28(30)21-15(24-18-8-1-3-10-23-18)12-17(19-20(21)26-31-25-19)27-11-4-2-7-16(27)14-6-5-9-22-13-14/h1,3,5-6,8-10,12-13,16H,2,4,7,11H2,(H,23,24). The van der Waals surface area contributed by atoms with E-state index >= 15 is 0 Å². The third-order valence-corrected chi connectivity index (χ3v) is 5.48. The predicted octanol–water partition coefficient (Wildman–Crippen LogP) is 4.40. The fraction of sp³-hybridized carbons (Fsp3) is 0.238. The smallest absolute Gasteiger partial charge is 0.324 e. The molecular weight excluding hydrogens is 398 g/mol. The normalized spacial score (nSPS) is 16.4. The van der Waals surface area contributed by atoms with Crippen LogP contribution in [-0.4, -0.2) is 31.7 Å². The zero-order valence-electron chi connectivity index (χ0n) is 16.5. The number of pyridine rings is 2. The topological polar surface area (TPSA) is 123 Å². The minimum Gasteiger partial charge on any atom is -0.362 e. The molecule has 0 aliphatic carbocycles. The van der Waals surface area contributed by atoms with E-state index in [1.54, 1.807) is 36.7 Å². The van der Waals surface area contributed by atoms with Crippen LogP contribution in [-0.2, 0) is 0 Å². The molecule has 1 aromatic carbocycles. The second-order valence-electron chi connectivity index (χ2n) is 7.34. The zero-order chi connectivity index (χ0) is 21.2.